The first-order valence-electron chi connectivity index (χ1n) is 11.1. The van der Waals surface area contributed by atoms with Gasteiger partial charge in [-0.25, -0.2) is 0 Å². The van der Waals surface area contributed by atoms with Gasteiger partial charge in [0.1, 0.15) is 0 Å². The summed E-state index contributed by atoms with van der Waals surface area (Å²) in [5.74, 6) is 0.676. The molecule has 162 valence electrons. The molecule has 1 saturated heterocycles. The highest BCUT2D eigenvalue weighted by Crippen LogP contribution is 2.38. The van der Waals surface area contributed by atoms with Crippen LogP contribution in [0.15, 0.2) is 58.3 Å². The van der Waals surface area contributed by atoms with Crippen molar-refractivity contribution in [3.63, 3.8) is 0 Å². The van der Waals surface area contributed by atoms with Crippen LogP contribution in [0.25, 0.3) is 6.08 Å². The Bertz CT molecular complexity index is 971. The van der Waals surface area contributed by atoms with Gasteiger partial charge in [-0.1, -0.05) is 43.0 Å². The molecule has 2 amide bonds. The SMILES string of the molecule is CC1CCC[NH+](CCCNC(=O)c2ccc(C=C3Sc4ccccc4NC3=O)cc2)C1. The lowest BCUT2D eigenvalue weighted by Crippen LogP contribution is -3.13. The third-order valence-corrected chi connectivity index (χ3v) is 7.01. The molecule has 0 bridgehead atoms. The Morgan fingerprint density at radius 2 is 2.03 bits per heavy atom. The van der Waals surface area contributed by atoms with Crippen LogP contribution < -0.4 is 15.5 Å². The van der Waals surface area contributed by atoms with Gasteiger partial charge in [0.05, 0.1) is 30.2 Å². The Morgan fingerprint density at radius 3 is 2.84 bits per heavy atom. The van der Waals surface area contributed by atoms with Gasteiger partial charge < -0.3 is 15.5 Å². The molecule has 2 aromatic rings. The molecule has 0 aromatic heterocycles. The average Bonchev–Trinajstić information content (AvgIpc) is 2.78. The normalized spacial score (nSPS) is 22.0. The van der Waals surface area contributed by atoms with Crippen molar-refractivity contribution < 1.29 is 14.5 Å². The number of amides is 2. The number of likely N-dealkylation sites (tertiary alicyclic amines) is 1. The number of fused-ring (bicyclic) bond motifs is 1. The summed E-state index contributed by atoms with van der Waals surface area (Å²) in [5, 5.41) is 5.95. The highest BCUT2D eigenvalue weighted by atomic mass is 32.2. The second-order valence-corrected chi connectivity index (χ2v) is 9.58. The van der Waals surface area contributed by atoms with E-state index in [0.717, 1.165) is 35.0 Å². The molecule has 0 saturated carbocycles. The predicted molar refractivity (Wildman–Crippen MR) is 126 cm³/mol. The topological polar surface area (TPSA) is 62.6 Å². The second kappa shape index (κ2) is 10.2. The summed E-state index contributed by atoms with van der Waals surface area (Å²) in [5.41, 5.74) is 2.39. The highest BCUT2D eigenvalue weighted by molar-refractivity contribution is 8.04. The van der Waals surface area contributed by atoms with Crippen LogP contribution in [-0.4, -0.2) is 38.0 Å². The quantitative estimate of drug-likeness (QED) is 0.481. The van der Waals surface area contributed by atoms with Gasteiger partial charge in [-0.05, 0) is 48.7 Å². The summed E-state index contributed by atoms with van der Waals surface area (Å²) in [4.78, 5) is 28.1. The summed E-state index contributed by atoms with van der Waals surface area (Å²) in [6.45, 7) is 6.68. The minimum absolute atomic E-state index is 0.0417. The fourth-order valence-corrected chi connectivity index (χ4v) is 5.20. The smallest absolute Gasteiger partial charge is 0.262 e. The molecular weight excluding hydrogens is 406 g/mol. The number of thioether (sulfide) groups is 1. The van der Waals surface area contributed by atoms with Crippen molar-refractivity contribution in [2.75, 3.05) is 31.5 Å². The molecule has 2 heterocycles. The zero-order chi connectivity index (χ0) is 21.6. The Balaban J connectivity index is 1.28. The number of benzene rings is 2. The number of piperidine rings is 1. The Kier molecular flexibility index (Phi) is 7.10. The number of para-hydroxylation sites is 1. The fourth-order valence-electron chi connectivity index (χ4n) is 4.25. The molecule has 4 rings (SSSR count). The molecular formula is C25H30N3O2S+. The van der Waals surface area contributed by atoms with Crippen molar-refractivity contribution in [1.29, 1.82) is 0 Å². The van der Waals surface area contributed by atoms with Gasteiger partial charge in [0.25, 0.3) is 11.8 Å². The molecule has 2 aliphatic heterocycles. The summed E-state index contributed by atoms with van der Waals surface area (Å²) >= 11 is 1.46. The van der Waals surface area contributed by atoms with Gasteiger partial charge in [-0.2, -0.15) is 0 Å². The summed E-state index contributed by atoms with van der Waals surface area (Å²) in [7, 11) is 0. The lowest BCUT2D eigenvalue weighted by molar-refractivity contribution is -0.908. The van der Waals surface area contributed by atoms with Crippen LogP contribution in [0.1, 0.15) is 42.1 Å². The van der Waals surface area contributed by atoms with Gasteiger partial charge in [0.2, 0.25) is 0 Å². The molecule has 31 heavy (non-hydrogen) atoms. The molecule has 2 aliphatic rings. The van der Waals surface area contributed by atoms with Gasteiger partial charge in [-0.3, -0.25) is 9.59 Å². The maximum absolute atomic E-state index is 12.4. The van der Waals surface area contributed by atoms with E-state index in [1.807, 2.05) is 54.6 Å². The van der Waals surface area contributed by atoms with Crippen LogP contribution in [0.3, 0.4) is 0 Å². The van der Waals surface area contributed by atoms with E-state index in [9.17, 15) is 9.59 Å². The first kappa shape index (κ1) is 21.7. The van der Waals surface area contributed by atoms with Gasteiger partial charge in [0, 0.05) is 29.3 Å². The number of rotatable bonds is 6. The maximum atomic E-state index is 12.4. The van der Waals surface area contributed by atoms with Crippen LogP contribution in [0.4, 0.5) is 5.69 Å². The molecule has 2 aromatic carbocycles. The largest absolute Gasteiger partial charge is 0.352 e. The van der Waals surface area contributed by atoms with Crippen LogP contribution >= 0.6 is 11.8 Å². The van der Waals surface area contributed by atoms with E-state index in [1.165, 1.54) is 37.7 Å². The third kappa shape index (κ3) is 5.77. The lowest BCUT2D eigenvalue weighted by atomic mass is 10.0. The minimum atomic E-state index is -0.101. The van der Waals surface area contributed by atoms with E-state index in [2.05, 4.69) is 17.6 Å². The van der Waals surface area contributed by atoms with Crippen molar-refractivity contribution in [3.8, 4) is 0 Å². The zero-order valence-electron chi connectivity index (χ0n) is 17.9. The predicted octanol–water partition coefficient (Wildman–Crippen LogP) is 3.21. The van der Waals surface area contributed by atoms with Crippen molar-refractivity contribution in [2.24, 2.45) is 5.92 Å². The number of quaternary nitrogens is 1. The van der Waals surface area contributed by atoms with Gasteiger partial charge in [0.15, 0.2) is 0 Å². The molecule has 0 aliphatic carbocycles. The standard InChI is InChI=1S/C25H29N3O2S/c1-18-6-4-14-28(17-18)15-5-13-26-24(29)20-11-9-19(10-12-20)16-23-25(30)27-21-7-2-3-8-22(21)31-23/h2-3,7-12,16,18H,4-6,13-15,17H2,1H3,(H,26,29)(H,27,30)/p+1. The molecule has 0 spiro atoms. The highest BCUT2D eigenvalue weighted by Gasteiger charge is 2.21. The number of nitrogens with one attached hydrogen (secondary N) is 3. The van der Waals surface area contributed by atoms with Crippen LogP contribution in [0, 0.1) is 5.92 Å². The van der Waals surface area contributed by atoms with Crippen molar-refractivity contribution in [3.05, 3.63) is 64.6 Å². The van der Waals surface area contributed by atoms with E-state index in [0.29, 0.717) is 17.0 Å². The fraction of sp³-hybridized carbons (Fsp3) is 0.360. The van der Waals surface area contributed by atoms with Crippen molar-refractivity contribution in [1.82, 2.24) is 5.32 Å². The molecule has 0 radical (unpaired) electrons. The summed E-state index contributed by atoms with van der Waals surface area (Å²) in [6, 6.07) is 15.2. The van der Waals surface area contributed by atoms with Gasteiger partial charge >= 0.3 is 0 Å². The second-order valence-electron chi connectivity index (χ2n) is 8.49. The molecule has 6 heteroatoms. The van der Waals surface area contributed by atoms with E-state index in [4.69, 9.17) is 0 Å². The van der Waals surface area contributed by atoms with E-state index < -0.39 is 0 Å². The lowest BCUT2D eigenvalue weighted by Gasteiger charge is -2.27. The molecule has 2 unspecified atom stereocenters. The monoisotopic (exact) mass is 436 g/mol. The number of hydrogen-bond donors (Lipinski definition) is 3. The number of carbonyl (C=O) groups excluding carboxylic acids is 2. The van der Waals surface area contributed by atoms with Crippen LogP contribution in [0.2, 0.25) is 0 Å². The first-order chi connectivity index (χ1) is 15.1. The Labute approximate surface area is 188 Å². The number of hydrogen-bond acceptors (Lipinski definition) is 3. The van der Waals surface area contributed by atoms with E-state index in [1.54, 1.807) is 4.90 Å². The first-order valence-corrected chi connectivity index (χ1v) is 11.9. The summed E-state index contributed by atoms with van der Waals surface area (Å²) in [6.07, 6.45) is 5.54. The van der Waals surface area contributed by atoms with Crippen molar-refractivity contribution >= 4 is 35.3 Å². The third-order valence-electron chi connectivity index (χ3n) is 5.91. The minimum Gasteiger partial charge on any atom is -0.352 e. The number of anilines is 1. The Hall–Kier alpha value is -2.57. The molecule has 1 fully saturated rings. The summed E-state index contributed by atoms with van der Waals surface area (Å²) < 4.78 is 0. The molecule has 2 atom stereocenters. The maximum Gasteiger partial charge on any atom is 0.262 e. The molecule has 3 N–H and O–H groups in total. The van der Waals surface area contributed by atoms with Gasteiger partial charge in [-0.15, -0.1) is 0 Å². The van der Waals surface area contributed by atoms with Crippen molar-refractivity contribution in [2.45, 2.75) is 31.1 Å². The zero-order valence-corrected chi connectivity index (χ0v) is 18.8. The Morgan fingerprint density at radius 1 is 1.23 bits per heavy atom. The van der Waals surface area contributed by atoms with Crippen LogP contribution in [0.5, 0.6) is 0 Å². The van der Waals surface area contributed by atoms with E-state index >= 15 is 0 Å². The van der Waals surface area contributed by atoms with E-state index in [-0.39, 0.29) is 11.8 Å². The average molecular weight is 437 g/mol. The number of carbonyl (C=O) groups is 2. The van der Waals surface area contributed by atoms with Crippen LogP contribution in [-0.2, 0) is 4.79 Å². The molecule has 5 nitrogen and oxygen atoms in total.